The van der Waals surface area contributed by atoms with Crippen LogP contribution in [0.2, 0.25) is 0 Å². The van der Waals surface area contributed by atoms with Crippen LogP contribution in [0.25, 0.3) is 0 Å². The number of Topliss-reactive ketones (excluding diaryl/α,β-unsaturated/α-hetero) is 1. The predicted octanol–water partition coefficient (Wildman–Crippen LogP) is 3.92. The third-order valence-electron chi connectivity index (χ3n) is 4.42. The summed E-state index contributed by atoms with van der Waals surface area (Å²) in [6.45, 7) is -0.209. The SMILES string of the molecule is NC(=O)NC(COC(=O)c1ccccc1)C(Sc1ccccc1)C(=O)c1ccccc1. The first-order valence-corrected chi connectivity index (χ1v) is 10.5. The van der Waals surface area contributed by atoms with Gasteiger partial charge in [-0.15, -0.1) is 11.8 Å². The zero-order valence-corrected chi connectivity index (χ0v) is 17.5. The lowest BCUT2D eigenvalue weighted by atomic mass is 10.0. The fourth-order valence-electron chi connectivity index (χ4n) is 2.94. The van der Waals surface area contributed by atoms with Crippen molar-refractivity contribution in [2.24, 2.45) is 5.73 Å². The minimum atomic E-state index is -0.830. The van der Waals surface area contributed by atoms with E-state index in [1.165, 1.54) is 11.8 Å². The Morgan fingerprint density at radius 2 is 1.32 bits per heavy atom. The van der Waals surface area contributed by atoms with Crippen molar-refractivity contribution in [3.8, 4) is 0 Å². The lowest BCUT2D eigenvalue weighted by Crippen LogP contribution is -2.50. The molecular formula is C24H22N2O4S. The second-order valence-electron chi connectivity index (χ2n) is 6.66. The molecule has 2 unspecified atom stereocenters. The summed E-state index contributed by atoms with van der Waals surface area (Å²) in [5.41, 5.74) is 6.23. The summed E-state index contributed by atoms with van der Waals surface area (Å²) in [6, 6.07) is 25.0. The number of carbonyl (C=O) groups excluding carboxylic acids is 3. The molecule has 0 spiro atoms. The number of nitrogens with one attached hydrogen (secondary N) is 1. The first-order valence-electron chi connectivity index (χ1n) is 9.63. The van der Waals surface area contributed by atoms with Crippen LogP contribution < -0.4 is 11.1 Å². The summed E-state index contributed by atoms with van der Waals surface area (Å²) in [5.74, 6) is -0.753. The number of nitrogens with two attached hydrogens (primary N) is 1. The number of urea groups is 1. The molecule has 0 saturated carbocycles. The lowest BCUT2D eigenvalue weighted by molar-refractivity contribution is 0.0463. The third kappa shape index (κ3) is 6.45. The van der Waals surface area contributed by atoms with Gasteiger partial charge in [0.15, 0.2) is 5.78 Å². The molecule has 7 heteroatoms. The number of amides is 2. The molecule has 3 N–H and O–H groups in total. The zero-order valence-electron chi connectivity index (χ0n) is 16.6. The van der Waals surface area contributed by atoms with E-state index in [4.69, 9.17) is 10.5 Å². The van der Waals surface area contributed by atoms with Gasteiger partial charge in [-0.25, -0.2) is 9.59 Å². The van der Waals surface area contributed by atoms with E-state index in [2.05, 4.69) is 5.32 Å². The minimum Gasteiger partial charge on any atom is -0.460 e. The van der Waals surface area contributed by atoms with Crippen LogP contribution in [0.4, 0.5) is 4.79 Å². The molecule has 31 heavy (non-hydrogen) atoms. The van der Waals surface area contributed by atoms with E-state index in [9.17, 15) is 14.4 Å². The standard InChI is InChI=1S/C24H22N2O4S/c25-24(29)26-20(16-30-23(28)18-12-6-2-7-13-18)22(31-19-14-8-3-9-15-19)21(27)17-10-4-1-5-11-17/h1-15,20,22H,16H2,(H3,25,26,29). The van der Waals surface area contributed by atoms with Crippen molar-refractivity contribution in [1.29, 1.82) is 0 Å². The molecule has 2 atom stereocenters. The van der Waals surface area contributed by atoms with E-state index in [-0.39, 0.29) is 12.4 Å². The van der Waals surface area contributed by atoms with Gasteiger partial charge in [-0.2, -0.15) is 0 Å². The maximum atomic E-state index is 13.3. The van der Waals surface area contributed by atoms with Crippen molar-refractivity contribution in [2.45, 2.75) is 16.2 Å². The Kier molecular flexibility index (Phi) is 7.84. The van der Waals surface area contributed by atoms with Gasteiger partial charge in [0, 0.05) is 10.5 Å². The van der Waals surface area contributed by atoms with Crippen molar-refractivity contribution >= 4 is 29.5 Å². The number of carbonyl (C=O) groups is 3. The van der Waals surface area contributed by atoms with E-state index in [0.717, 1.165) is 4.90 Å². The molecule has 2 amide bonds. The van der Waals surface area contributed by atoms with Gasteiger partial charge in [0.1, 0.15) is 6.61 Å². The van der Waals surface area contributed by atoms with Crippen LogP contribution in [0.1, 0.15) is 20.7 Å². The highest BCUT2D eigenvalue weighted by molar-refractivity contribution is 8.00. The highest BCUT2D eigenvalue weighted by Crippen LogP contribution is 2.28. The second-order valence-corrected chi connectivity index (χ2v) is 7.88. The monoisotopic (exact) mass is 434 g/mol. The molecule has 0 aliphatic carbocycles. The van der Waals surface area contributed by atoms with Crippen molar-refractivity contribution in [1.82, 2.24) is 5.32 Å². The van der Waals surface area contributed by atoms with E-state index < -0.39 is 23.3 Å². The van der Waals surface area contributed by atoms with Gasteiger partial charge < -0.3 is 15.8 Å². The molecule has 0 radical (unpaired) electrons. The van der Waals surface area contributed by atoms with Gasteiger partial charge in [0.2, 0.25) is 0 Å². The summed E-state index contributed by atoms with van der Waals surface area (Å²) in [6.07, 6.45) is 0. The van der Waals surface area contributed by atoms with Crippen LogP contribution in [0.3, 0.4) is 0 Å². The molecule has 0 aliphatic rings. The number of primary amides is 1. The molecular weight excluding hydrogens is 412 g/mol. The molecule has 0 saturated heterocycles. The van der Waals surface area contributed by atoms with Crippen LogP contribution in [0, 0.1) is 0 Å². The molecule has 0 heterocycles. The fraction of sp³-hybridized carbons (Fsp3) is 0.125. The highest BCUT2D eigenvalue weighted by atomic mass is 32.2. The van der Waals surface area contributed by atoms with Gasteiger partial charge in [-0.1, -0.05) is 66.7 Å². The number of esters is 1. The van der Waals surface area contributed by atoms with Crippen molar-refractivity contribution < 1.29 is 19.1 Å². The molecule has 0 aliphatic heterocycles. The van der Waals surface area contributed by atoms with Crippen molar-refractivity contribution in [2.75, 3.05) is 6.61 Å². The minimum absolute atomic E-state index is 0.205. The topological polar surface area (TPSA) is 98.5 Å². The summed E-state index contributed by atoms with van der Waals surface area (Å²) < 4.78 is 5.42. The molecule has 0 fully saturated rings. The number of ether oxygens (including phenoxy) is 1. The van der Waals surface area contributed by atoms with Crippen LogP contribution in [0.15, 0.2) is 95.9 Å². The summed E-state index contributed by atoms with van der Waals surface area (Å²) in [4.78, 5) is 38.3. The lowest BCUT2D eigenvalue weighted by Gasteiger charge is -2.26. The highest BCUT2D eigenvalue weighted by Gasteiger charge is 2.32. The first kappa shape index (κ1) is 22.1. The number of ketones is 1. The molecule has 0 aromatic heterocycles. The van der Waals surface area contributed by atoms with Crippen LogP contribution >= 0.6 is 11.8 Å². The summed E-state index contributed by atoms with van der Waals surface area (Å²) in [7, 11) is 0. The molecule has 3 aromatic rings. The fourth-order valence-corrected chi connectivity index (χ4v) is 4.10. The van der Waals surface area contributed by atoms with Crippen molar-refractivity contribution in [3.05, 3.63) is 102 Å². The Morgan fingerprint density at radius 3 is 1.87 bits per heavy atom. The zero-order chi connectivity index (χ0) is 22.1. The molecule has 158 valence electrons. The normalized spacial score (nSPS) is 12.4. The molecule has 3 aromatic carbocycles. The Morgan fingerprint density at radius 1 is 0.806 bits per heavy atom. The van der Waals surface area contributed by atoms with E-state index in [0.29, 0.717) is 11.1 Å². The Hall–Kier alpha value is -3.58. The quantitative estimate of drug-likeness (QED) is 0.302. The van der Waals surface area contributed by atoms with Gasteiger partial charge in [0.25, 0.3) is 0 Å². The number of thioether (sulfide) groups is 1. The number of hydrogen-bond acceptors (Lipinski definition) is 5. The van der Waals surface area contributed by atoms with Crippen LogP contribution in [-0.2, 0) is 4.74 Å². The van der Waals surface area contributed by atoms with E-state index in [1.807, 2.05) is 36.4 Å². The Labute approximate surface area is 184 Å². The van der Waals surface area contributed by atoms with Crippen LogP contribution in [-0.4, -0.2) is 35.7 Å². The maximum absolute atomic E-state index is 13.3. The largest absolute Gasteiger partial charge is 0.460 e. The third-order valence-corrected chi connectivity index (χ3v) is 5.76. The average molecular weight is 435 g/mol. The molecule has 3 rings (SSSR count). The predicted molar refractivity (Wildman–Crippen MR) is 120 cm³/mol. The number of hydrogen-bond donors (Lipinski definition) is 2. The van der Waals surface area contributed by atoms with Gasteiger partial charge in [-0.3, -0.25) is 4.79 Å². The maximum Gasteiger partial charge on any atom is 0.338 e. The van der Waals surface area contributed by atoms with Gasteiger partial charge >= 0.3 is 12.0 Å². The Balaban J connectivity index is 1.86. The molecule has 0 bridgehead atoms. The van der Waals surface area contributed by atoms with Crippen LogP contribution in [0.5, 0.6) is 0 Å². The Bertz CT molecular complexity index is 1010. The second kappa shape index (κ2) is 11.0. The first-order chi connectivity index (χ1) is 15.0. The number of benzene rings is 3. The van der Waals surface area contributed by atoms with Crippen molar-refractivity contribution in [3.63, 3.8) is 0 Å². The van der Waals surface area contributed by atoms with Gasteiger partial charge in [-0.05, 0) is 24.3 Å². The molecule has 6 nitrogen and oxygen atoms in total. The smallest absolute Gasteiger partial charge is 0.338 e. The average Bonchev–Trinajstić information content (AvgIpc) is 2.81. The summed E-state index contributed by atoms with van der Waals surface area (Å²) >= 11 is 1.28. The number of rotatable bonds is 9. The summed E-state index contributed by atoms with van der Waals surface area (Å²) in [5, 5.41) is 1.81. The van der Waals surface area contributed by atoms with E-state index >= 15 is 0 Å². The van der Waals surface area contributed by atoms with Gasteiger partial charge in [0.05, 0.1) is 16.9 Å². The van der Waals surface area contributed by atoms with E-state index in [1.54, 1.807) is 54.6 Å².